The molecule has 1 aromatic rings. The van der Waals surface area contributed by atoms with Crippen molar-refractivity contribution in [3.63, 3.8) is 0 Å². The van der Waals surface area contributed by atoms with Crippen molar-refractivity contribution in [3.8, 4) is 0 Å². The van der Waals surface area contributed by atoms with Crippen molar-refractivity contribution in [2.45, 2.75) is 13.0 Å². The highest BCUT2D eigenvalue weighted by Gasteiger charge is 2.34. The average molecular weight is 386 g/mol. The molecule has 3 aliphatic rings. The SMILES string of the molecule is CC1=C(C(=O)N2CCOCC2)C(c2ccc(N3CCOCC3)cc2)NC(=O)N1. The molecule has 150 valence electrons. The zero-order chi connectivity index (χ0) is 19.5. The summed E-state index contributed by atoms with van der Waals surface area (Å²) in [5.74, 6) is -0.0597. The lowest BCUT2D eigenvalue weighted by Gasteiger charge is -2.34. The Hall–Kier alpha value is -2.58. The van der Waals surface area contributed by atoms with Crippen LogP contribution in [0.4, 0.5) is 10.5 Å². The van der Waals surface area contributed by atoms with E-state index in [0.717, 1.165) is 37.6 Å². The summed E-state index contributed by atoms with van der Waals surface area (Å²) in [6, 6.07) is 7.30. The van der Waals surface area contributed by atoms with Crippen LogP contribution in [0.1, 0.15) is 18.5 Å². The van der Waals surface area contributed by atoms with Crippen molar-refractivity contribution < 1.29 is 19.1 Å². The molecule has 3 heterocycles. The average Bonchev–Trinajstić information content (AvgIpc) is 2.74. The molecule has 0 aliphatic carbocycles. The summed E-state index contributed by atoms with van der Waals surface area (Å²) in [5.41, 5.74) is 3.19. The zero-order valence-electron chi connectivity index (χ0n) is 16.1. The number of amides is 3. The van der Waals surface area contributed by atoms with Crippen LogP contribution in [0.5, 0.6) is 0 Å². The van der Waals surface area contributed by atoms with Gasteiger partial charge in [-0.3, -0.25) is 4.79 Å². The molecule has 8 nitrogen and oxygen atoms in total. The molecule has 0 aromatic heterocycles. The smallest absolute Gasteiger partial charge is 0.319 e. The van der Waals surface area contributed by atoms with Gasteiger partial charge in [-0.05, 0) is 24.6 Å². The Balaban J connectivity index is 1.59. The molecule has 0 bridgehead atoms. The van der Waals surface area contributed by atoms with E-state index in [0.29, 0.717) is 37.6 Å². The molecule has 2 saturated heterocycles. The van der Waals surface area contributed by atoms with E-state index in [1.807, 2.05) is 24.3 Å². The molecule has 4 rings (SSSR count). The van der Waals surface area contributed by atoms with Crippen molar-refractivity contribution in [2.24, 2.45) is 0 Å². The van der Waals surface area contributed by atoms with Crippen molar-refractivity contribution in [1.82, 2.24) is 15.5 Å². The van der Waals surface area contributed by atoms with Gasteiger partial charge >= 0.3 is 6.03 Å². The first-order valence-corrected chi connectivity index (χ1v) is 9.71. The van der Waals surface area contributed by atoms with Crippen LogP contribution in [0, 0.1) is 0 Å². The molecule has 2 fully saturated rings. The number of hydrogen-bond acceptors (Lipinski definition) is 5. The number of benzene rings is 1. The van der Waals surface area contributed by atoms with Gasteiger partial charge in [0.05, 0.1) is 38.0 Å². The highest BCUT2D eigenvalue weighted by Crippen LogP contribution is 2.30. The molecule has 1 atom stereocenters. The fraction of sp³-hybridized carbons (Fsp3) is 0.500. The Labute approximate surface area is 164 Å². The molecule has 2 N–H and O–H groups in total. The summed E-state index contributed by atoms with van der Waals surface area (Å²) in [4.78, 5) is 29.3. The van der Waals surface area contributed by atoms with Crippen LogP contribution in [0.15, 0.2) is 35.5 Å². The van der Waals surface area contributed by atoms with Gasteiger partial charge in [0, 0.05) is 37.6 Å². The van der Waals surface area contributed by atoms with Crippen LogP contribution in [0.25, 0.3) is 0 Å². The highest BCUT2D eigenvalue weighted by atomic mass is 16.5. The minimum absolute atomic E-state index is 0.0597. The number of anilines is 1. The Bertz CT molecular complexity index is 765. The third-order valence-electron chi connectivity index (χ3n) is 5.40. The Morgan fingerprint density at radius 1 is 1.00 bits per heavy atom. The van der Waals surface area contributed by atoms with Gasteiger partial charge in [-0.15, -0.1) is 0 Å². The fourth-order valence-corrected chi connectivity index (χ4v) is 3.86. The Kier molecular flexibility index (Phi) is 5.50. The number of rotatable bonds is 3. The van der Waals surface area contributed by atoms with E-state index in [1.54, 1.807) is 11.8 Å². The lowest BCUT2D eigenvalue weighted by molar-refractivity contribution is -0.131. The maximum atomic E-state index is 13.2. The molecule has 3 amide bonds. The maximum absolute atomic E-state index is 13.2. The van der Waals surface area contributed by atoms with Crippen LogP contribution in [0.3, 0.4) is 0 Å². The summed E-state index contributed by atoms with van der Waals surface area (Å²) in [7, 11) is 0. The number of urea groups is 1. The second-order valence-corrected chi connectivity index (χ2v) is 7.17. The van der Waals surface area contributed by atoms with E-state index >= 15 is 0 Å². The van der Waals surface area contributed by atoms with Crippen LogP contribution < -0.4 is 15.5 Å². The molecule has 0 radical (unpaired) electrons. The number of carbonyl (C=O) groups excluding carboxylic acids is 2. The number of carbonyl (C=O) groups is 2. The van der Waals surface area contributed by atoms with E-state index in [9.17, 15) is 9.59 Å². The molecule has 0 saturated carbocycles. The van der Waals surface area contributed by atoms with Gasteiger partial charge in [0.2, 0.25) is 0 Å². The van der Waals surface area contributed by atoms with Gasteiger partial charge in [-0.25, -0.2) is 4.79 Å². The van der Waals surface area contributed by atoms with E-state index < -0.39 is 6.04 Å². The normalized spacial score (nSPS) is 23.3. The maximum Gasteiger partial charge on any atom is 0.319 e. The van der Waals surface area contributed by atoms with E-state index in [-0.39, 0.29) is 11.9 Å². The van der Waals surface area contributed by atoms with Gasteiger partial charge < -0.3 is 29.9 Å². The van der Waals surface area contributed by atoms with Gasteiger partial charge in [0.1, 0.15) is 0 Å². The molecule has 3 aliphatic heterocycles. The fourth-order valence-electron chi connectivity index (χ4n) is 3.86. The van der Waals surface area contributed by atoms with E-state index in [1.165, 1.54) is 0 Å². The van der Waals surface area contributed by atoms with Crippen molar-refractivity contribution in [1.29, 1.82) is 0 Å². The topological polar surface area (TPSA) is 83.1 Å². The van der Waals surface area contributed by atoms with Crippen molar-refractivity contribution >= 4 is 17.6 Å². The van der Waals surface area contributed by atoms with Crippen LogP contribution in [0.2, 0.25) is 0 Å². The third kappa shape index (κ3) is 3.83. The first-order chi connectivity index (χ1) is 13.6. The van der Waals surface area contributed by atoms with Gasteiger partial charge in [-0.2, -0.15) is 0 Å². The lowest BCUT2D eigenvalue weighted by atomic mass is 9.94. The Morgan fingerprint density at radius 3 is 2.25 bits per heavy atom. The molecule has 1 aromatic carbocycles. The lowest BCUT2D eigenvalue weighted by Crippen LogP contribution is -2.49. The first kappa shape index (κ1) is 18.8. The summed E-state index contributed by atoms with van der Waals surface area (Å²) in [6.45, 7) is 7.17. The summed E-state index contributed by atoms with van der Waals surface area (Å²) < 4.78 is 10.8. The predicted molar refractivity (Wildman–Crippen MR) is 104 cm³/mol. The number of allylic oxidation sites excluding steroid dienone is 1. The van der Waals surface area contributed by atoms with Crippen LogP contribution >= 0.6 is 0 Å². The highest BCUT2D eigenvalue weighted by molar-refractivity contribution is 5.98. The summed E-state index contributed by atoms with van der Waals surface area (Å²) >= 11 is 0. The molecular weight excluding hydrogens is 360 g/mol. The minimum Gasteiger partial charge on any atom is -0.378 e. The first-order valence-electron chi connectivity index (χ1n) is 9.71. The predicted octanol–water partition coefficient (Wildman–Crippen LogP) is 1.01. The molecule has 1 unspecified atom stereocenters. The van der Waals surface area contributed by atoms with Gasteiger partial charge in [0.25, 0.3) is 5.91 Å². The molecule has 28 heavy (non-hydrogen) atoms. The number of nitrogens with one attached hydrogen (secondary N) is 2. The summed E-state index contributed by atoms with van der Waals surface area (Å²) in [5, 5.41) is 5.65. The quantitative estimate of drug-likeness (QED) is 0.810. The zero-order valence-corrected chi connectivity index (χ0v) is 16.1. The number of ether oxygens (including phenoxy) is 2. The summed E-state index contributed by atoms with van der Waals surface area (Å²) in [6.07, 6.45) is 0. The standard InChI is InChI=1S/C20H26N4O4/c1-14-17(19(25)24-8-12-28-13-9-24)18(22-20(26)21-14)15-2-4-16(5-3-15)23-6-10-27-11-7-23/h2-5,18H,6-13H2,1H3,(H2,21,22,26). The third-order valence-corrected chi connectivity index (χ3v) is 5.40. The number of nitrogens with zero attached hydrogens (tertiary/aromatic N) is 2. The molecular formula is C20H26N4O4. The molecule has 8 heteroatoms. The Morgan fingerprint density at radius 2 is 1.61 bits per heavy atom. The monoisotopic (exact) mass is 386 g/mol. The van der Waals surface area contributed by atoms with Crippen molar-refractivity contribution in [2.75, 3.05) is 57.5 Å². The van der Waals surface area contributed by atoms with Crippen LogP contribution in [-0.2, 0) is 14.3 Å². The van der Waals surface area contributed by atoms with E-state index in [4.69, 9.17) is 9.47 Å². The van der Waals surface area contributed by atoms with E-state index in [2.05, 4.69) is 15.5 Å². The van der Waals surface area contributed by atoms with Crippen molar-refractivity contribution in [3.05, 3.63) is 41.1 Å². The number of morpholine rings is 2. The number of hydrogen-bond donors (Lipinski definition) is 2. The largest absolute Gasteiger partial charge is 0.378 e. The second kappa shape index (κ2) is 8.20. The van der Waals surface area contributed by atoms with Gasteiger partial charge in [-0.1, -0.05) is 12.1 Å². The second-order valence-electron chi connectivity index (χ2n) is 7.17. The minimum atomic E-state index is -0.470. The molecule has 0 spiro atoms. The van der Waals surface area contributed by atoms with Gasteiger partial charge in [0.15, 0.2) is 0 Å². The van der Waals surface area contributed by atoms with Crippen LogP contribution in [-0.4, -0.2) is 69.4 Å².